The first-order valence-electron chi connectivity index (χ1n) is 10.1. The fraction of sp³-hybridized carbons (Fsp3) is 0. The highest BCUT2D eigenvalue weighted by atomic mass is 79.9. The Labute approximate surface area is 183 Å². The third-order valence-corrected chi connectivity index (χ3v) is 6.33. The Bertz CT molecular complexity index is 1550. The van der Waals surface area contributed by atoms with E-state index in [2.05, 4.69) is 130 Å². The predicted octanol–water partition coefficient (Wildman–Crippen LogP) is 8.37. The fourth-order valence-corrected chi connectivity index (χ4v) is 4.88. The van der Waals surface area contributed by atoms with Crippen LogP contribution in [0.4, 0.5) is 0 Å². The summed E-state index contributed by atoms with van der Waals surface area (Å²) in [6.07, 6.45) is 0. The quantitative estimate of drug-likeness (QED) is 0.251. The van der Waals surface area contributed by atoms with Gasteiger partial charge in [-0.25, -0.2) is 0 Å². The molecule has 6 rings (SSSR count). The number of benzene rings is 5. The summed E-state index contributed by atoms with van der Waals surface area (Å²) in [5.41, 5.74) is 6.12. The SMILES string of the molecule is Brc1cccc(-c2ccc3c(c2)c2ccccc2n3-c2cccc3ccccc23)c1. The van der Waals surface area contributed by atoms with Gasteiger partial charge in [-0.2, -0.15) is 0 Å². The van der Waals surface area contributed by atoms with E-state index in [0.29, 0.717) is 0 Å². The van der Waals surface area contributed by atoms with Crippen LogP contribution < -0.4 is 0 Å². The lowest BCUT2D eigenvalue weighted by Crippen LogP contribution is -1.95. The lowest BCUT2D eigenvalue weighted by Gasteiger charge is -2.11. The smallest absolute Gasteiger partial charge is 0.0541 e. The molecule has 0 N–H and O–H groups in total. The number of nitrogens with zero attached hydrogens (tertiary/aromatic N) is 1. The van der Waals surface area contributed by atoms with Crippen molar-refractivity contribution < 1.29 is 0 Å². The van der Waals surface area contributed by atoms with Crippen LogP contribution >= 0.6 is 15.9 Å². The van der Waals surface area contributed by atoms with Crippen molar-refractivity contribution in [3.63, 3.8) is 0 Å². The van der Waals surface area contributed by atoms with E-state index in [1.54, 1.807) is 0 Å². The van der Waals surface area contributed by atoms with E-state index in [4.69, 9.17) is 0 Å². The topological polar surface area (TPSA) is 4.93 Å². The molecule has 0 aliphatic carbocycles. The lowest BCUT2D eigenvalue weighted by atomic mass is 10.0. The summed E-state index contributed by atoms with van der Waals surface area (Å²) in [6, 6.07) is 39.1. The normalized spacial score (nSPS) is 11.5. The molecule has 2 heteroatoms. The third kappa shape index (κ3) is 2.68. The van der Waals surface area contributed by atoms with Gasteiger partial charge in [0.15, 0.2) is 0 Å². The van der Waals surface area contributed by atoms with Gasteiger partial charge in [0.05, 0.1) is 16.7 Å². The van der Waals surface area contributed by atoms with Gasteiger partial charge in [0.1, 0.15) is 0 Å². The van der Waals surface area contributed by atoms with Crippen molar-refractivity contribution in [1.29, 1.82) is 0 Å². The molecule has 0 aliphatic heterocycles. The zero-order valence-corrected chi connectivity index (χ0v) is 17.8. The Kier molecular flexibility index (Phi) is 4.00. The molecule has 0 saturated carbocycles. The Balaban J connectivity index is 1.70. The maximum atomic E-state index is 3.60. The first-order valence-corrected chi connectivity index (χ1v) is 10.9. The van der Waals surface area contributed by atoms with Crippen LogP contribution in [0.25, 0.3) is 49.4 Å². The Morgan fingerprint density at radius 2 is 1.20 bits per heavy atom. The van der Waals surface area contributed by atoms with Gasteiger partial charge in [0.2, 0.25) is 0 Å². The molecule has 0 atom stereocenters. The first kappa shape index (κ1) is 17.5. The van der Waals surface area contributed by atoms with E-state index < -0.39 is 0 Å². The number of fused-ring (bicyclic) bond motifs is 4. The van der Waals surface area contributed by atoms with Crippen LogP contribution in [0.2, 0.25) is 0 Å². The Hall–Kier alpha value is -3.36. The minimum atomic E-state index is 1.10. The zero-order chi connectivity index (χ0) is 20.1. The molecule has 0 radical (unpaired) electrons. The molecule has 0 bridgehead atoms. The number of halogens is 1. The molecule has 0 spiro atoms. The maximum Gasteiger partial charge on any atom is 0.0541 e. The van der Waals surface area contributed by atoms with Crippen LogP contribution in [0.5, 0.6) is 0 Å². The molecule has 5 aromatic carbocycles. The largest absolute Gasteiger partial charge is 0.309 e. The van der Waals surface area contributed by atoms with E-state index >= 15 is 0 Å². The average Bonchev–Trinajstić information content (AvgIpc) is 3.12. The van der Waals surface area contributed by atoms with Crippen molar-refractivity contribution in [1.82, 2.24) is 4.57 Å². The van der Waals surface area contributed by atoms with Crippen LogP contribution in [0.3, 0.4) is 0 Å². The molecule has 1 aromatic heterocycles. The standard InChI is InChI=1S/C28H18BrN/c29-22-10-5-9-20(17-22)21-15-16-28-25(18-21)24-12-3-4-13-27(24)30(28)26-14-6-8-19-7-1-2-11-23(19)26/h1-18H. The Morgan fingerprint density at radius 3 is 2.10 bits per heavy atom. The number of hydrogen-bond donors (Lipinski definition) is 0. The van der Waals surface area contributed by atoms with E-state index in [0.717, 1.165) is 4.47 Å². The van der Waals surface area contributed by atoms with Gasteiger partial charge in [-0.05, 0) is 52.9 Å². The fourth-order valence-electron chi connectivity index (χ4n) is 4.48. The molecule has 6 aromatic rings. The second-order valence-corrected chi connectivity index (χ2v) is 8.51. The van der Waals surface area contributed by atoms with Gasteiger partial charge in [0, 0.05) is 20.6 Å². The van der Waals surface area contributed by atoms with Crippen molar-refractivity contribution in [3.8, 4) is 16.8 Å². The minimum Gasteiger partial charge on any atom is -0.309 e. The second-order valence-electron chi connectivity index (χ2n) is 7.59. The van der Waals surface area contributed by atoms with Crippen molar-refractivity contribution in [2.75, 3.05) is 0 Å². The lowest BCUT2D eigenvalue weighted by molar-refractivity contribution is 1.20. The first-order chi connectivity index (χ1) is 14.8. The van der Waals surface area contributed by atoms with Gasteiger partial charge >= 0.3 is 0 Å². The van der Waals surface area contributed by atoms with Crippen molar-refractivity contribution >= 4 is 48.5 Å². The molecule has 0 fully saturated rings. The Morgan fingerprint density at radius 1 is 0.500 bits per heavy atom. The number of aromatic nitrogens is 1. The minimum absolute atomic E-state index is 1.10. The van der Waals surface area contributed by atoms with Gasteiger partial charge in [-0.1, -0.05) is 88.7 Å². The molecule has 0 unspecified atom stereocenters. The van der Waals surface area contributed by atoms with Crippen LogP contribution in [0.15, 0.2) is 114 Å². The van der Waals surface area contributed by atoms with E-state index in [1.807, 2.05) is 0 Å². The number of hydrogen-bond acceptors (Lipinski definition) is 0. The summed E-state index contributed by atoms with van der Waals surface area (Å²) < 4.78 is 3.50. The highest BCUT2D eigenvalue weighted by molar-refractivity contribution is 9.10. The summed E-state index contributed by atoms with van der Waals surface area (Å²) in [4.78, 5) is 0. The second kappa shape index (κ2) is 6.86. The molecule has 1 nitrogen and oxygen atoms in total. The molecule has 30 heavy (non-hydrogen) atoms. The van der Waals surface area contributed by atoms with Gasteiger partial charge in [-0.3, -0.25) is 0 Å². The highest BCUT2D eigenvalue weighted by Crippen LogP contribution is 2.36. The van der Waals surface area contributed by atoms with Gasteiger partial charge in [0.25, 0.3) is 0 Å². The summed E-state index contributed by atoms with van der Waals surface area (Å²) in [5.74, 6) is 0. The van der Waals surface area contributed by atoms with Crippen molar-refractivity contribution in [2.45, 2.75) is 0 Å². The monoisotopic (exact) mass is 447 g/mol. The predicted molar refractivity (Wildman–Crippen MR) is 131 cm³/mol. The van der Waals surface area contributed by atoms with Gasteiger partial charge in [-0.15, -0.1) is 0 Å². The number of rotatable bonds is 2. The molecule has 0 aliphatic rings. The maximum absolute atomic E-state index is 3.60. The molecule has 142 valence electrons. The van der Waals surface area contributed by atoms with Gasteiger partial charge < -0.3 is 4.57 Å². The van der Waals surface area contributed by atoms with Crippen LogP contribution in [-0.2, 0) is 0 Å². The van der Waals surface area contributed by atoms with Crippen LogP contribution in [0, 0.1) is 0 Å². The number of para-hydroxylation sites is 1. The summed E-state index contributed by atoms with van der Waals surface area (Å²) in [6.45, 7) is 0. The summed E-state index contributed by atoms with van der Waals surface area (Å²) in [7, 11) is 0. The van der Waals surface area contributed by atoms with Crippen molar-refractivity contribution in [2.24, 2.45) is 0 Å². The summed E-state index contributed by atoms with van der Waals surface area (Å²) in [5, 5.41) is 5.07. The molecular formula is C28H18BrN. The van der Waals surface area contributed by atoms with E-state index in [-0.39, 0.29) is 0 Å². The molecular weight excluding hydrogens is 430 g/mol. The van der Waals surface area contributed by atoms with Crippen molar-refractivity contribution in [3.05, 3.63) is 114 Å². The van der Waals surface area contributed by atoms with E-state index in [9.17, 15) is 0 Å². The van der Waals surface area contributed by atoms with Crippen LogP contribution in [0.1, 0.15) is 0 Å². The summed E-state index contributed by atoms with van der Waals surface area (Å²) >= 11 is 3.60. The molecule has 0 amide bonds. The molecule has 1 heterocycles. The third-order valence-electron chi connectivity index (χ3n) is 5.84. The average molecular weight is 448 g/mol. The molecule has 0 saturated heterocycles. The van der Waals surface area contributed by atoms with Crippen LogP contribution in [-0.4, -0.2) is 4.57 Å². The highest BCUT2D eigenvalue weighted by Gasteiger charge is 2.14. The van der Waals surface area contributed by atoms with E-state index in [1.165, 1.54) is 49.4 Å². The zero-order valence-electron chi connectivity index (χ0n) is 16.2.